The maximum atomic E-state index is 10.8. The first-order valence-corrected chi connectivity index (χ1v) is 4.68. The van der Waals surface area contributed by atoms with Crippen LogP contribution < -0.4 is 5.73 Å². The predicted octanol–water partition coefficient (Wildman–Crippen LogP) is 1.89. The number of nitrogens with zero attached hydrogens (tertiary/aromatic N) is 4. The van der Waals surface area contributed by atoms with Crippen LogP contribution in [0.15, 0.2) is 29.4 Å². The molecule has 1 amide bonds. The molecule has 0 spiro atoms. The molecule has 1 heterocycles. The summed E-state index contributed by atoms with van der Waals surface area (Å²) in [6, 6.07) is 5.02. The Labute approximate surface area is 92.4 Å². The molecule has 0 bridgehead atoms. The summed E-state index contributed by atoms with van der Waals surface area (Å²) < 4.78 is 0. The molecule has 0 aliphatic heterocycles. The number of pyridine rings is 1. The third-order valence-corrected chi connectivity index (χ3v) is 1.77. The van der Waals surface area contributed by atoms with Gasteiger partial charge in [0.2, 0.25) is 0 Å². The molecule has 0 fully saturated rings. The average Bonchev–Trinajstić information content (AvgIpc) is 2.29. The lowest BCUT2D eigenvalue weighted by molar-refractivity contribution is 0.0995. The number of carbonyl (C=O) groups excluding carboxylic acids is 1. The van der Waals surface area contributed by atoms with E-state index < -0.39 is 5.91 Å². The average molecular weight is 217 g/mol. The second kappa shape index (κ2) is 6.21. The molecule has 16 heavy (non-hydrogen) atoms. The summed E-state index contributed by atoms with van der Waals surface area (Å²) in [5.41, 5.74) is 14.0. The van der Waals surface area contributed by atoms with Crippen LogP contribution in [-0.4, -0.2) is 17.4 Å². The molecule has 2 N–H and O–H groups in total. The van der Waals surface area contributed by atoms with E-state index in [1.165, 1.54) is 0 Å². The molecule has 0 aliphatic rings. The fraction of sp³-hybridized carbons (Fsp3) is 0.200. The summed E-state index contributed by atoms with van der Waals surface area (Å²) in [7, 11) is 0. The molecule has 0 unspecified atom stereocenters. The lowest BCUT2D eigenvalue weighted by Crippen LogP contribution is -2.13. The summed E-state index contributed by atoms with van der Waals surface area (Å²) in [4.78, 5) is 17.5. The zero-order valence-corrected chi connectivity index (χ0v) is 8.58. The van der Waals surface area contributed by atoms with Crippen molar-refractivity contribution in [2.45, 2.75) is 6.42 Å². The zero-order chi connectivity index (χ0) is 11.8. The summed E-state index contributed by atoms with van der Waals surface area (Å²) in [5.74, 6) is -0.552. The van der Waals surface area contributed by atoms with E-state index >= 15 is 0 Å². The first-order chi connectivity index (χ1) is 7.74. The van der Waals surface area contributed by atoms with E-state index in [4.69, 9.17) is 11.3 Å². The Morgan fingerprint density at radius 1 is 1.62 bits per heavy atom. The van der Waals surface area contributed by atoms with Crippen molar-refractivity contribution in [1.82, 2.24) is 4.98 Å². The van der Waals surface area contributed by atoms with Gasteiger partial charge in [-0.2, -0.15) is 0 Å². The van der Waals surface area contributed by atoms with E-state index in [1.807, 2.05) is 6.08 Å². The van der Waals surface area contributed by atoms with Gasteiger partial charge in [0.1, 0.15) is 5.69 Å². The summed E-state index contributed by atoms with van der Waals surface area (Å²) >= 11 is 0. The lowest BCUT2D eigenvalue weighted by atomic mass is 10.2. The molecule has 1 aromatic heterocycles. The number of nitrogens with two attached hydrogens (primary N) is 1. The smallest absolute Gasteiger partial charge is 0.267 e. The quantitative estimate of drug-likeness (QED) is 0.352. The van der Waals surface area contributed by atoms with Gasteiger partial charge in [0, 0.05) is 11.5 Å². The Bertz CT molecular complexity index is 448. The SMILES string of the molecule is [N-]=[N+]=NCCC=Cc1cccc(C(N)=O)n1. The van der Waals surface area contributed by atoms with Crippen LogP contribution >= 0.6 is 0 Å². The van der Waals surface area contributed by atoms with Crippen molar-refractivity contribution in [2.24, 2.45) is 10.8 Å². The van der Waals surface area contributed by atoms with Gasteiger partial charge in [0.05, 0.1) is 5.69 Å². The van der Waals surface area contributed by atoms with Gasteiger partial charge < -0.3 is 5.73 Å². The Kier molecular flexibility index (Phi) is 4.56. The van der Waals surface area contributed by atoms with Gasteiger partial charge in [-0.25, -0.2) is 4.98 Å². The second-order valence-corrected chi connectivity index (χ2v) is 2.96. The summed E-state index contributed by atoms with van der Waals surface area (Å²) in [6.45, 7) is 0.405. The van der Waals surface area contributed by atoms with Gasteiger partial charge >= 0.3 is 0 Å². The number of azide groups is 1. The second-order valence-electron chi connectivity index (χ2n) is 2.96. The molecule has 6 nitrogen and oxygen atoms in total. The van der Waals surface area contributed by atoms with Crippen LogP contribution in [0.3, 0.4) is 0 Å². The van der Waals surface area contributed by atoms with E-state index in [0.717, 1.165) is 0 Å². The standard InChI is InChI=1S/C10H11N5O/c11-10(16)9-6-3-5-8(14-9)4-1-2-7-13-15-12/h1,3-6H,2,7H2,(H2,11,16). The number of amides is 1. The molecule has 0 aliphatic carbocycles. The van der Waals surface area contributed by atoms with E-state index in [-0.39, 0.29) is 5.69 Å². The fourth-order valence-electron chi connectivity index (χ4n) is 1.06. The first-order valence-electron chi connectivity index (χ1n) is 4.68. The summed E-state index contributed by atoms with van der Waals surface area (Å²) in [6.07, 6.45) is 4.20. The van der Waals surface area contributed by atoms with E-state index in [2.05, 4.69) is 15.0 Å². The fourth-order valence-corrected chi connectivity index (χ4v) is 1.06. The van der Waals surface area contributed by atoms with Crippen LogP contribution in [0.2, 0.25) is 0 Å². The molecule has 1 rings (SSSR count). The molecular weight excluding hydrogens is 206 g/mol. The van der Waals surface area contributed by atoms with Gasteiger partial charge in [-0.15, -0.1) is 0 Å². The van der Waals surface area contributed by atoms with Gasteiger partial charge in [-0.05, 0) is 30.2 Å². The van der Waals surface area contributed by atoms with Crippen molar-refractivity contribution in [3.05, 3.63) is 46.1 Å². The minimum Gasteiger partial charge on any atom is -0.364 e. The molecule has 0 atom stereocenters. The molecule has 0 radical (unpaired) electrons. The highest BCUT2D eigenvalue weighted by Crippen LogP contribution is 2.02. The van der Waals surface area contributed by atoms with Gasteiger partial charge in [0.15, 0.2) is 0 Å². The van der Waals surface area contributed by atoms with Gasteiger partial charge in [0.25, 0.3) is 5.91 Å². The molecular formula is C10H11N5O. The van der Waals surface area contributed by atoms with Crippen molar-refractivity contribution in [1.29, 1.82) is 0 Å². The van der Waals surface area contributed by atoms with Crippen LogP contribution in [-0.2, 0) is 0 Å². The Balaban J connectivity index is 2.63. The van der Waals surface area contributed by atoms with Crippen molar-refractivity contribution < 1.29 is 4.79 Å². The van der Waals surface area contributed by atoms with Crippen LogP contribution in [0.5, 0.6) is 0 Å². The highest BCUT2D eigenvalue weighted by atomic mass is 16.1. The maximum absolute atomic E-state index is 10.8. The highest BCUT2D eigenvalue weighted by molar-refractivity contribution is 5.90. The minimum absolute atomic E-state index is 0.234. The van der Waals surface area contributed by atoms with Crippen LogP contribution in [0.1, 0.15) is 22.6 Å². The molecule has 1 aromatic rings. The van der Waals surface area contributed by atoms with E-state index in [0.29, 0.717) is 18.7 Å². The van der Waals surface area contributed by atoms with Crippen molar-refractivity contribution in [2.75, 3.05) is 6.54 Å². The number of rotatable bonds is 5. The zero-order valence-electron chi connectivity index (χ0n) is 8.58. The number of hydrogen-bond acceptors (Lipinski definition) is 3. The summed E-state index contributed by atoms with van der Waals surface area (Å²) in [5, 5.41) is 3.38. The largest absolute Gasteiger partial charge is 0.364 e. The Morgan fingerprint density at radius 2 is 2.44 bits per heavy atom. The molecule has 6 heteroatoms. The van der Waals surface area contributed by atoms with Gasteiger partial charge in [-0.3, -0.25) is 4.79 Å². The van der Waals surface area contributed by atoms with Crippen LogP contribution in [0, 0.1) is 0 Å². The normalized spacial score (nSPS) is 10.0. The van der Waals surface area contributed by atoms with Crippen molar-refractivity contribution in [3.63, 3.8) is 0 Å². The number of aromatic nitrogens is 1. The third kappa shape index (κ3) is 3.81. The lowest BCUT2D eigenvalue weighted by Gasteiger charge is -1.96. The minimum atomic E-state index is -0.552. The third-order valence-electron chi connectivity index (χ3n) is 1.77. The predicted molar refractivity (Wildman–Crippen MR) is 60.4 cm³/mol. The van der Waals surface area contributed by atoms with Crippen molar-refractivity contribution >= 4 is 12.0 Å². The van der Waals surface area contributed by atoms with E-state index in [1.54, 1.807) is 24.3 Å². The monoisotopic (exact) mass is 217 g/mol. The maximum Gasteiger partial charge on any atom is 0.267 e. The van der Waals surface area contributed by atoms with Crippen LogP contribution in [0.25, 0.3) is 16.5 Å². The number of hydrogen-bond donors (Lipinski definition) is 1. The Hall–Kier alpha value is -2.33. The Morgan fingerprint density at radius 3 is 3.12 bits per heavy atom. The molecule has 0 saturated heterocycles. The number of carbonyl (C=O) groups is 1. The van der Waals surface area contributed by atoms with E-state index in [9.17, 15) is 4.79 Å². The molecule has 0 aromatic carbocycles. The van der Waals surface area contributed by atoms with Crippen LogP contribution in [0.4, 0.5) is 0 Å². The van der Waals surface area contributed by atoms with Gasteiger partial charge in [-0.1, -0.05) is 17.3 Å². The van der Waals surface area contributed by atoms with Crippen molar-refractivity contribution in [3.8, 4) is 0 Å². The first kappa shape index (κ1) is 11.7. The molecule has 82 valence electrons. The topological polar surface area (TPSA) is 105 Å². The highest BCUT2D eigenvalue weighted by Gasteiger charge is 2.00. The molecule has 0 saturated carbocycles. The number of primary amides is 1.